The van der Waals surface area contributed by atoms with Crippen molar-refractivity contribution in [1.29, 1.82) is 0 Å². The molecule has 1 aliphatic heterocycles. The number of fused-ring (bicyclic) bond motifs is 3. The quantitative estimate of drug-likeness (QED) is 0.292. The zero-order valence-corrected chi connectivity index (χ0v) is 22.6. The number of para-hydroxylation sites is 1. The number of ether oxygens (including phenoxy) is 1. The van der Waals surface area contributed by atoms with Crippen LogP contribution >= 0.6 is 0 Å². The van der Waals surface area contributed by atoms with Gasteiger partial charge >= 0.3 is 0 Å². The molecule has 0 aliphatic carbocycles. The van der Waals surface area contributed by atoms with E-state index < -0.39 is 26.3 Å². The molecule has 0 fully saturated rings. The molecule has 198 valence electrons. The molecule has 0 saturated carbocycles. The van der Waals surface area contributed by atoms with Crippen LogP contribution in [0.15, 0.2) is 71.9 Å². The molecular weight excluding hydrogens is 517 g/mol. The van der Waals surface area contributed by atoms with Crippen LogP contribution in [0.25, 0.3) is 22.6 Å². The van der Waals surface area contributed by atoms with Crippen LogP contribution in [0.4, 0.5) is 4.39 Å². The molecule has 1 unspecified atom stereocenters. The van der Waals surface area contributed by atoms with E-state index in [4.69, 9.17) is 14.7 Å². The Kier molecular flexibility index (Phi) is 5.76. The average Bonchev–Trinajstić information content (AvgIpc) is 3.37. The van der Waals surface area contributed by atoms with E-state index >= 15 is 4.39 Å². The van der Waals surface area contributed by atoms with Gasteiger partial charge in [-0.05, 0) is 38.1 Å². The Balaban J connectivity index is 1.46. The highest BCUT2D eigenvalue weighted by atomic mass is 32.2. The molecule has 5 aromatic rings. The monoisotopic (exact) mass is 543 g/mol. The molecule has 0 amide bonds. The fourth-order valence-corrected chi connectivity index (χ4v) is 6.15. The van der Waals surface area contributed by atoms with Crippen molar-refractivity contribution in [2.24, 2.45) is 0 Å². The molecule has 0 radical (unpaired) electrons. The number of hydrogen-bond donors (Lipinski definition) is 1. The Morgan fingerprint density at radius 3 is 2.41 bits per heavy atom. The number of sulfone groups is 1. The van der Waals surface area contributed by atoms with Crippen molar-refractivity contribution in [3.63, 3.8) is 0 Å². The lowest BCUT2D eigenvalue weighted by atomic mass is 9.69. The third-order valence-corrected chi connectivity index (χ3v) is 9.44. The molecule has 10 heteroatoms. The number of H-pyrrole nitrogens is 1. The van der Waals surface area contributed by atoms with Crippen molar-refractivity contribution in [3.8, 4) is 22.9 Å². The maximum Gasteiger partial charge on any atom is 0.223 e. The maximum absolute atomic E-state index is 15.1. The fraction of sp³-hybridized carbons (Fsp3) is 0.241. The smallest absolute Gasteiger partial charge is 0.223 e. The highest BCUT2D eigenvalue weighted by molar-refractivity contribution is 7.92. The van der Waals surface area contributed by atoms with Crippen molar-refractivity contribution < 1.29 is 17.5 Å². The summed E-state index contributed by atoms with van der Waals surface area (Å²) in [7, 11) is -3.39. The number of aromatic amines is 1. The topological polar surface area (TPSA) is 111 Å². The molecule has 2 aromatic carbocycles. The molecule has 3 aromatic heterocycles. The lowest BCUT2D eigenvalue weighted by Crippen LogP contribution is -2.32. The number of nitrogens with zero attached hydrogens (tertiary/aromatic N) is 4. The summed E-state index contributed by atoms with van der Waals surface area (Å²) in [5.74, 6) is 0.227. The number of imidazole rings is 1. The summed E-state index contributed by atoms with van der Waals surface area (Å²) < 4.78 is 46.2. The van der Waals surface area contributed by atoms with E-state index in [2.05, 4.69) is 15.0 Å². The molecular formula is C29H26FN5O3S. The predicted octanol–water partition coefficient (Wildman–Crippen LogP) is 5.95. The molecule has 0 bridgehead atoms. The van der Waals surface area contributed by atoms with Gasteiger partial charge in [-0.3, -0.25) is 0 Å². The summed E-state index contributed by atoms with van der Waals surface area (Å²) in [6.45, 7) is 7.36. The molecule has 8 nitrogen and oxygen atoms in total. The molecule has 0 saturated heterocycles. The number of aromatic nitrogens is 5. The fourth-order valence-electron chi connectivity index (χ4n) is 5.09. The third kappa shape index (κ3) is 4.06. The van der Waals surface area contributed by atoms with Crippen molar-refractivity contribution in [1.82, 2.24) is 24.9 Å². The van der Waals surface area contributed by atoms with Crippen molar-refractivity contribution in [2.75, 3.05) is 0 Å². The van der Waals surface area contributed by atoms with Gasteiger partial charge in [-0.15, -0.1) is 0 Å². The van der Waals surface area contributed by atoms with Gasteiger partial charge in [0.25, 0.3) is 0 Å². The van der Waals surface area contributed by atoms with Gasteiger partial charge in [0.05, 0.1) is 15.8 Å². The van der Waals surface area contributed by atoms with Crippen LogP contribution in [0, 0.1) is 5.82 Å². The Hall–Kier alpha value is -4.18. The average molecular weight is 544 g/mol. The predicted molar refractivity (Wildman–Crippen MR) is 145 cm³/mol. The lowest BCUT2D eigenvalue weighted by molar-refractivity contribution is 0.353. The van der Waals surface area contributed by atoms with Gasteiger partial charge in [0.15, 0.2) is 32.7 Å². The molecule has 1 atom stereocenters. The van der Waals surface area contributed by atoms with Gasteiger partial charge in [-0.1, -0.05) is 44.2 Å². The highest BCUT2D eigenvalue weighted by Gasteiger charge is 2.43. The minimum Gasteiger partial charge on any atom is -0.435 e. The van der Waals surface area contributed by atoms with E-state index in [1.54, 1.807) is 56.6 Å². The van der Waals surface area contributed by atoms with Gasteiger partial charge in [-0.2, -0.15) is 0 Å². The van der Waals surface area contributed by atoms with Crippen molar-refractivity contribution in [3.05, 3.63) is 89.8 Å². The van der Waals surface area contributed by atoms with Crippen LogP contribution in [-0.2, 0) is 15.3 Å². The summed E-state index contributed by atoms with van der Waals surface area (Å²) in [5, 5.41) is -0.521. The summed E-state index contributed by atoms with van der Waals surface area (Å²) in [6, 6.07) is 15.3. The maximum atomic E-state index is 15.1. The van der Waals surface area contributed by atoms with Crippen LogP contribution in [0.3, 0.4) is 0 Å². The summed E-state index contributed by atoms with van der Waals surface area (Å²) >= 11 is 0. The number of benzene rings is 2. The Morgan fingerprint density at radius 1 is 0.949 bits per heavy atom. The van der Waals surface area contributed by atoms with E-state index in [0.717, 1.165) is 5.56 Å². The summed E-state index contributed by atoms with van der Waals surface area (Å²) in [4.78, 5) is 21.6. The van der Waals surface area contributed by atoms with Crippen LogP contribution in [0.2, 0.25) is 0 Å². The Morgan fingerprint density at radius 2 is 1.69 bits per heavy atom. The Labute approximate surface area is 225 Å². The second-order valence-corrected chi connectivity index (χ2v) is 12.9. The molecule has 1 aliphatic rings. The molecule has 6 rings (SSSR count). The van der Waals surface area contributed by atoms with Gasteiger partial charge in [0.1, 0.15) is 5.82 Å². The van der Waals surface area contributed by atoms with E-state index in [1.807, 2.05) is 32.0 Å². The van der Waals surface area contributed by atoms with Crippen LogP contribution in [-0.4, -0.2) is 38.6 Å². The molecule has 39 heavy (non-hydrogen) atoms. The van der Waals surface area contributed by atoms with Gasteiger partial charge < -0.3 is 9.72 Å². The number of hydrogen-bond acceptors (Lipinski definition) is 7. The number of rotatable bonds is 5. The van der Waals surface area contributed by atoms with E-state index in [0.29, 0.717) is 33.9 Å². The molecule has 0 spiro atoms. The van der Waals surface area contributed by atoms with Crippen molar-refractivity contribution >= 4 is 21.1 Å². The zero-order valence-electron chi connectivity index (χ0n) is 21.8. The number of pyridine rings is 1. The minimum absolute atomic E-state index is 0.124. The zero-order chi connectivity index (χ0) is 27.5. The lowest BCUT2D eigenvalue weighted by Gasteiger charge is -2.37. The standard InChI is InChI=1S/C29H26FN5O3S/c1-16(2)39(36,37)18-10-8-17(9-11-18)22-13-12-20-23(19-6-5-7-21(30)24(19)38-27(20)33-22)29(3,4)28-34-25-26(35-28)32-15-14-31-25/h5-16,23H,1-4H3,(H,31,32,34,35). The largest absolute Gasteiger partial charge is 0.435 e. The van der Waals surface area contributed by atoms with Crippen LogP contribution < -0.4 is 4.74 Å². The first-order valence-corrected chi connectivity index (χ1v) is 14.1. The van der Waals surface area contributed by atoms with Crippen LogP contribution in [0.1, 0.15) is 50.6 Å². The highest BCUT2D eigenvalue weighted by Crippen LogP contribution is 2.52. The first kappa shape index (κ1) is 25.1. The minimum atomic E-state index is -3.39. The van der Waals surface area contributed by atoms with E-state index in [9.17, 15) is 8.42 Å². The van der Waals surface area contributed by atoms with Crippen molar-refractivity contribution in [2.45, 2.75) is 49.2 Å². The molecule has 1 N–H and O–H groups in total. The normalized spacial score (nSPS) is 15.2. The van der Waals surface area contributed by atoms with Gasteiger partial charge in [0, 0.05) is 40.4 Å². The Bertz CT molecular complexity index is 1800. The third-order valence-electron chi connectivity index (χ3n) is 7.27. The number of halogens is 1. The first-order chi connectivity index (χ1) is 18.6. The SMILES string of the molecule is CC(C)S(=O)(=O)c1ccc(-c2ccc3c(n2)Oc2c(F)cccc2C3C(C)(C)c2nc3nccnc3[nH]2)cc1. The van der Waals surface area contributed by atoms with E-state index in [-0.39, 0.29) is 22.4 Å². The molecule has 4 heterocycles. The second-order valence-electron chi connectivity index (χ2n) is 10.4. The van der Waals surface area contributed by atoms with Gasteiger partial charge in [-0.25, -0.2) is 32.7 Å². The van der Waals surface area contributed by atoms with Crippen LogP contribution in [0.5, 0.6) is 11.6 Å². The number of nitrogens with one attached hydrogen (secondary N) is 1. The van der Waals surface area contributed by atoms with E-state index in [1.165, 1.54) is 6.07 Å². The second kappa shape index (κ2) is 8.94. The summed E-state index contributed by atoms with van der Waals surface area (Å²) in [5.41, 5.74) is 3.19. The summed E-state index contributed by atoms with van der Waals surface area (Å²) in [6.07, 6.45) is 3.19. The van der Waals surface area contributed by atoms with Gasteiger partial charge in [0.2, 0.25) is 5.88 Å². The first-order valence-electron chi connectivity index (χ1n) is 12.6.